The van der Waals surface area contributed by atoms with Gasteiger partial charge in [-0.3, -0.25) is 15.1 Å². The van der Waals surface area contributed by atoms with Crippen LogP contribution >= 0.6 is 23.1 Å². The lowest BCUT2D eigenvalue weighted by molar-refractivity contribution is 0.102. The van der Waals surface area contributed by atoms with Gasteiger partial charge in [0.1, 0.15) is 5.69 Å². The zero-order valence-corrected chi connectivity index (χ0v) is 12.3. The fourth-order valence-electron chi connectivity index (χ4n) is 1.80. The number of carbonyl (C=O) groups excluding carboxylic acids is 1. The molecule has 1 aromatic carbocycles. The molecule has 0 unspecified atom stereocenters. The molecule has 2 heterocycles. The summed E-state index contributed by atoms with van der Waals surface area (Å²) in [6.45, 7) is 0. The fraction of sp³-hybridized carbons (Fsp3) is 0.0714. The predicted molar refractivity (Wildman–Crippen MR) is 83.6 cm³/mol. The molecule has 3 aromatic rings. The first-order valence-electron chi connectivity index (χ1n) is 5.94. The zero-order valence-electron chi connectivity index (χ0n) is 10.7. The first kappa shape index (κ1) is 13.1. The second kappa shape index (κ2) is 5.60. The second-order valence-corrected chi connectivity index (χ2v) is 5.87. The SMILES string of the molecule is CSc1cccc2sc(NC(=O)c3ccccn3)nc12. The number of rotatable bonds is 3. The molecule has 20 heavy (non-hydrogen) atoms. The van der Waals surface area contributed by atoms with Crippen molar-refractivity contribution in [3.8, 4) is 0 Å². The van der Waals surface area contributed by atoms with Crippen molar-refractivity contribution in [2.24, 2.45) is 0 Å². The van der Waals surface area contributed by atoms with Crippen LogP contribution in [0.3, 0.4) is 0 Å². The van der Waals surface area contributed by atoms with E-state index < -0.39 is 0 Å². The largest absolute Gasteiger partial charge is 0.296 e. The van der Waals surface area contributed by atoms with Crippen molar-refractivity contribution in [3.63, 3.8) is 0 Å². The highest BCUT2D eigenvalue weighted by Crippen LogP contribution is 2.32. The molecule has 4 nitrogen and oxygen atoms in total. The maximum Gasteiger partial charge on any atom is 0.276 e. The lowest BCUT2D eigenvalue weighted by atomic mass is 10.3. The Bertz CT molecular complexity index is 755. The Labute approximate surface area is 124 Å². The Morgan fingerprint density at radius 2 is 2.15 bits per heavy atom. The molecular formula is C14H11N3OS2. The van der Waals surface area contributed by atoms with Gasteiger partial charge in [-0.25, -0.2) is 4.98 Å². The molecule has 1 N–H and O–H groups in total. The summed E-state index contributed by atoms with van der Waals surface area (Å²) >= 11 is 3.11. The van der Waals surface area contributed by atoms with E-state index >= 15 is 0 Å². The molecule has 0 aliphatic heterocycles. The van der Waals surface area contributed by atoms with Crippen LogP contribution in [-0.2, 0) is 0 Å². The van der Waals surface area contributed by atoms with Gasteiger partial charge in [0.05, 0.1) is 10.2 Å². The lowest BCUT2D eigenvalue weighted by Crippen LogP contribution is -2.12. The Kier molecular flexibility index (Phi) is 3.66. The van der Waals surface area contributed by atoms with Crippen LogP contribution in [0.5, 0.6) is 0 Å². The smallest absolute Gasteiger partial charge is 0.276 e. The third kappa shape index (κ3) is 2.52. The molecule has 0 radical (unpaired) electrons. The summed E-state index contributed by atoms with van der Waals surface area (Å²) in [5.74, 6) is -0.240. The van der Waals surface area contributed by atoms with Crippen LogP contribution < -0.4 is 5.32 Å². The van der Waals surface area contributed by atoms with E-state index in [0.29, 0.717) is 10.8 Å². The molecular weight excluding hydrogens is 290 g/mol. The highest BCUT2D eigenvalue weighted by Gasteiger charge is 2.12. The van der Waals surface area contributed by atoms with Crippen molar-refractivity contribution in [1.82, 2.24) is 9.97 Å². The number of pyridine rings is 1. The number of benzene rings is 1. The molecule has 2 aromatic heterocycles. The normalized spacial score (nSPS) is 10.7. The van der Waals surface area contributed by atoms with E-state index in [-0.39, 0.29) is 5.91 Å². The van der Waals surface area contributed by atoms with Crippen molar-refractivity contribution < 1.29 is 4.79 Å². The summed E-state index contributed by atoms with van der Waals surface area (Å²) in [5.41, 5.74) is 1.32. The van der Waals surface area contributed by atoms with Crippen molar-refractivity contribution >= 4 is 44.4 Å². The molecule has 0 bridgehead atoms. The fourth-order valence-corrected chi connectivity index (χ4v) is 3.32. The Balaban J connectivity index is 1.90. The van der Waals surface area contributed by atoms with Crippen molar-refractivity contribution in [1.29, 1.82) is 0 Å². The number of nitrogens with zero attached hydrogens (tertiary/aromatic N) is 2. The van der Waals surface area contributed by atoms with Crippen molar-refractivity contribution in [3.05, 3.63) is 48.3 Å². The highest BCUT2D eigenvalue weighted by molar-refractivity contribution is 7.98. The monoisotopic (exact) mass is 301 g/mol. The number of nitrogens with one attached hydrogen (secondary N) is 1. The standard InChI is InChI=1S/C14H11N3OS2/c1-19-10-6-4-7-11-12(10)16-14(20-11)17-13(18)9-5-2-3-8-15-9/h2-8H,1H3,(H,16,17,18). The average molecular weight is 301 g/mol. The van der Waals surface area contributed by atoms with Gasteiger partial charge in [0.2, 0.25) is 0 Å². The number of thiazole rings is 1. The number of carbonyl (C=O) groups is 1. The Hall–Kier alpha value is -1.92. The van der Waals surface area contributed by atoms with Crippen LogP contribution in [0, 0.1) is 0 Å². The number of fused-ring (bicyclic) bond motifs is 1. The summed E-state index contributed by atoms with van der Waals surface area (Å²) in [6.07, 6.45) is 3.61. The highest BCUT2D eigenvalue weighted by atomic mass is 32.2. The van der Waals surface area contributed by atoms with Gasteiger partial charge in [-0.2, -0.15) is 0 Å². The van der Waals surface area contributed by atoms with E-state index in [2.05, 4.69) is 15.3 Å². The Morgan fingerprint density at radius 3 is 2.90 bits per heavy atom. The first-order valence-corrected chi connectivity index (χ1v) is 7.98. The van der Waals surface area contributed by atoms with Gasteiger partial charge in [-0.1, -0.05) is 23.5 Å². The second-order valence-electron chi connectivity index (χ2n) is 4.00. The maximum absolute atomic E-state index is 12.0. The molecule has 3 rings (SSSR count). The van der Waals surface area contributed by atoms with Crippen LogP contribution in [0.2, 0.25) is 0 Å². The molecule has 1 amide bonds. The van der Waals surface area contributed by atoms with E-state index in [4.69, 9.17) is 0 Å². The number of amides is 1. The van der Waals surface area contributed by atoms with Crippen LogP contribution in [0.15, 0.2) is 47.5 Å². The summed E-state index contributed by atoms with van der Waals surface area (Å²) in [5, 5.41) is 3.39. The van der Waals surface area contributed by atoms with E-state index in [1.165, 1.54) is 11.3 Å². The van der Waals surface area contributed by atoms with E-state index in [0.717, 1.165) is 15.1 Å². The topological polar surface area (TPSA) is 54.9 Å². The van der Waals surface area contributed by atoms with Crippen LogP contribution in [0.4, 0.5) is 5.13 Å². The van der Waals surface area contributed by atoms with Gasteiger partial charge in [-0.05, 0) is 30.5 Å². The molecule has 0 spiro atoms. The quantitative estimate of drug-likeness (QED) is 0.750. The van der Waals surface area contributed by atoms with Crippen molar-refractivity contribution in [2.75, 3.05) is 11.6 Å². The summed E-state index contributed by atoms with van der Waals surface area (Å²) in [7, 11) is 0. The molecule has 0 saturated heterocycles. The molecule has 0 aliphatic rings. The van der Waals surface area contributed by atoms with E-state index in [9.17, 15) is 4.79 Å². The number of anilines is 1. The zero-order chi connectivity index (χ0) is 13.9. The van der Waals surface area contributed by atoms with Gasteiger partial charge < -0.3 is 0 Å². The summed E-state index contributed by atoms with van der Waals surface area (Å²) in [6, 6.07) is 11.3. The van der Waals surface area contributed by atoms with Gasteiger partial charge in [0, 0.05) is 11.1 Å². The molecule has 0 saturated carbocycles. The lowest BCUT2D eigenvalue weighted by Gasteiger charge is -1.99. The Morgan fingerprint density at radius 1 is 1.25 bits per heavy atom. The third-order valence-electron chi connectivity index (χ3n) is 2.72. The number of hydrogen-bond donors (Lipinski definition) is 1. The third-order valence-corrected chi connectivity index (χ3v) is 4.43. The minimum absolute atomic E-state index is 0.240. The van der Waals surface area contributed by atoms with Gasteiger partial charge >= 0.3 is 0 Å². The van der Waals surface area contributed by atoms with Gasteiger partial charge in [0.15, 0.2) is 5.13 Å². The molecule has 6 heteroatoms. The van der Waals surface area contributed by atoms with Crippen LogP contribution in [0.1, 0.15) is 10.5 Å². The van der Waals surface area contributed by atoms with Gasteiger partial charge in [-0.15, -0.1) is 11.8 Å². The average Bonchev–Trinajstić information content (AvgIpc) is 2.90. The summed E-state index contributed by atoms with van der Waals surface area (Å²) in [4.78, 5) is 21.7. The summed E-state index contributed by atoms with van der Waals surface area (Å²) < 4.78 is 1.06. The molecule has 0 aliphatic carbocycles. The van der Waals surface area contributed by atoms with Crippen LogP contribution in [0.25, 0.3) is 10.2 Å². The van der Waals surface area contributed by atoms with Crippen LogP contribution in [-0.4, -0.2) is 22.1 Å². The molecule has 0 fully saturated rings. The number of thioether (sulfide) groups is 1. The number of hydrogen-bond acceptors (Lipinski definition) is 5. The van der Waals surface area contributed by atoms with E-state index in [1.54, 1.807) is 36.2 Å². The van der Waals surface area contributed by atoms with Crippen molar-refractivity contribution in [2.45, 2.75) is 4.90 Å². The van der Waals surface area contributed by atoms with Gasteiger partial charge in [0.25, 0.3) is 5.91 Å². The van der Waals surface area contributed by atoms with E-state index in [1.807, 2.05) is 24.5 Å². The number of aromatic nitrogens is 2. The maximum atomic E-state index is 12.0. The molecule has 0 atom stereocenters. The minimum Gasteiger partial charge on any atom is -0.296 e. The first-order chi connectivity index (χ1) is 9.78. The minimum atomic E-state index is -0.240. The number of para-hydroxylation sites is 1. The predicted octanol–water partition coefficient (Wildman–Crippen LogP) is 3.67. The molecule has 100 valence electrons.